The Bertz CT molecular complexity index is 762. The maximum atomic E-state index is 10.4. The first kappa shape index (κ1) is 18.0. The summed E-state index contributed by atoms with van der Waals surface area (Å²) in [4.78, 5) is 0. The molecule has 1 saturated carbocycles. The molecule has 0 aromatic carbocycles. The smallest absolute Gasteiger partial charge is 0.495 e. The van der Waals surface area contributed by atoms with Crippen LogP contribution in [0, 0.1) is 22.2 Å². The SMILES string of the molecule is CC12CC(O)=C(O)C(B(O)O)=C1OC1=C2C2(C)CCCC(C)(C)C2CC1. The molecule has 4 N–H and O–H groups in total. The van der Waals surface area contributed by atoms with E-state index in [4.69, 9.17) is 4.74 Å². The lowest BCUT2D eigenvalue weighted by atomic mass is 9.47. The Balaban J connectivity index is 1.90. The van der Waals surface area contributed by atoms with Crippen LogP contribution in [0.3, 0.4) is 0 Å². The van der Waals surface area contributed by atoms with Gasteiger partial charge in [0.15, 0.2) is 5.76 Å². The zero-order valence-electron chi connectivity index (χ0n) is 16.1. The van der Waals surface area contributed by atoms with E-state index in [2.05, 4.69) is 20.8 Å². The molecule has 0 aromatic heterocycles. The molecule has 1 heterocycles. The van der Waals surface area contributed by atoms with Crippen LogP contribution >= 0.6 is 0 Å². The highest BCUT2D eigenvalue weighted by atomic mass is 16.5. The fraction of sp³-hybridized carbons (Fsp3) is 0.700. The van der Waals surface area contributed by atoms with Gasteiger partial charge in [-0.05, 0) is 48.5 Å². The van der Waals surface area contributed by atoms with Crippen LogP contribution in [0.15, 0.2) is 34.1 Å². The van der Waals surface area contributed by atoms with Crippen LogP contribution in [-0.2, 0) is 4.74 Å². The molecule has 1 fully saturated rings. The zero-order valence-corrected chi connectivity index (χ0v) is 16.1. The van der Waals surface area contributed by atoms with Crippen LogP contribution < -0.4 is 0 Å². The van der Waals surface area contributed by atoms with Crippen molar-refractivity contribution in [2.45, 2.75) is 66.2 Å². The van der Waals surface area contributed by atoms with Gasteiger partial charge in [0.1, 0.15) is 17.3 Å². The lowest BCUT2D eigenvalue weighted by Gasteiger charge is -2.56. The second-order valence-corrected chi connectivity index (χ2v) is 9.67. The lowest BCUT2D eigenvalue weighted by Crippen LogP contribution is -2.48. The number of rotatable bonds is 1. The third kappa shape index (κ3) is 2.12. The predicted molar refractivity (Wildman–Crippen MR) is 98.8 cm³/mol. The quantitative estimate of drug-likeness (QED) is 0.533. The first-order chi connectivity index (χ1) is 12.0. The highest BCUT2D eigenvalue weighted by Gasteiger charge is 2.61. The first-order valence-electron chi connectivity index (χ1n) is 9.66. The van der Waals surface area contributed by atoms with Crippen LogP contribution in [0.5, 0.6) is 0 Å². The van der Waals surface area contributed by atoms with Crippen LogP contribution in [-0.4, -0.2) is 27.4 Å². The van der Waals surface area contributed by atoms with Crippen LogP contribution in [0.2, 0.25) is 0 Å². The molecule has 6 heteroatoms. The Hall–Kier alpha value is -1.40. The Morgan fingerprint density at radius 3 is 2.42 bits per heavy atom. The van der Waals surface area contributed by atoms with Crippen molar-refractivity contribution in [2.75, 3.05) is 0 Å². The zero-order chi connectivity index (χ0) is 19.1. The second-order valence-electron chi connectivity index (χ2n) is 9.67. The van der Waals surface area contributed by atoms with Crippen LogP contribution in [0.4, 0.5) is 0 Å². The summed E-state index contributed by atoms with van der Waals surface area (Å²) in [5.41, 5.74) is 0.639. The molecule has 1 aliphatic heterocycles. The van der Waals surface area contributed by atoms with Gasteiger partial charge in [-0.2, -0.15) is 0 Å². The number of ether oxygens (including phenoxy) is 1. The van der Waals surface area contributed by atoms with Gasteiger partial charge in [0.2, 0.25) is 0 Å². The fourth-order valence-corrected chi connectivity index (χ4v) is 6.68. The standard InChI is InChI=1S/C20H29BO5/c1-18(2)8-5-9-19(3)13(18)7-6-12-16(19)20(4)10-11(22)15(23)14(21(24)25)17(20)26-12/h13,22-25H,5-10H2,1-4H3. The predicted octanol–water partition coefficient (Wildman–Crippen LogP) is 3.90. The molecule has 4 aliphatic rings. The Morgan fingerprint density at radius 1 is 1.08 bits per heavy atom. The molecule has 0 saturated heterocycles. The summed E-state index contributed by atoms with van der Waals surface area (Å²) in [6, 6.07) is 0. The number of hydrogen-bond donors (Lipinski definition) is 4. The van der Waals surface area contributed by atoms with E-state index in [1.807, 2.05) is 6.92 Å². The highest BCUT2D eigenvalue weighted by Crippen LogP contribution is 2.68. The van der Waals surface area contributed by atoms with Crippen molar-refractivity contribution in [1.82, 2.24) is 0 Å². The molecule has 3 atom stereocenters. The summed E-state index contributed by atoms with van der Waals surface area (Å²) < 4.78 is 6.18. The Morgan fingerprint density at radius 2 is 1.77 bits per heavy atom. The minimum atomic E-state index is -1.89. The molecular formula is C20H29BO5. The van der Waals surface area contributed by atoms with Gasteiger partial charge in [-0.25, -0.2) is 0 Å². The maximum Gasteiger partial charge on any atom is 0.495 e. The van der Waals surface area contributed by atoms with Gasteiger partial charge in [-0.3, -0.25) is 0 Å². The van der Waals surface area contributed by atoms with Crippen molar-refractivity contribution >= 4 is 7.12 Å². The summed E-state index contributed by atoms with van der Waals surface area (Å²) in [5, 5.41) is 40.3. The number of allylic oxidation sites excluding steroid dienone is 4. The first-order valence-corrected chi connectivity index (χ1v) is 9.66. The Labute approximate surface area is 155 Å². The number of fused-ring (bicyclic) bond motifs is 4. The van der Waals surface area contributed by atoms with E-state index in [0.717, 1.165) is 31.4 Å². The molecule has 0 bridgehead atoms. The monoisotopic (exact) mass is 360 g/mol. The molecule has 0 spiro atoms. The van der Waals surface area contributed by atoms with E-state index in [-0.39, 0.29) is 28.5 Å². The third-order valence-corrected chi connectivity index (χ3v) is 7.57. The summed E-state index contributed by atoms with van der Waals surface area (Å²) in [5.74, 6) is 1.17. The van der Waals surface area contributed by atoms with Crippen molar-refractivity contribution in [3.63, 3.8) is 0 Å². The van der Waals surface area contributed by atoms with Gasteiger partial charge >= 0.3 is 7.12 Å². The van der Waals surface area contributed by atoms with E-state index < -0.39 is 18.3 Å². The van der Waals surface area contributed by atoms with E-state index >= 15 is 0 Å². The molecule has 0 aromatic rings. The number of hydrogen-bond acceptors (Lipinski definition) is 5. The van der Waals surface area contributed by atoms with Crippen molar-refractivity contribution in [3.05, 3.63) is 34.1 Å². The third-order valence-electron chi connectivity index (χ3n) is 7.57. The van der Waals surface area contributed by atoms with Crippen molar-refractivity contribution in [3.8, 4) is 0 Å². The molecule has 3 aliphatic carbocycles. The summed E-state index contributed by atoms with van der Waals surface area (Å²) in [6.45, 7) is 9.02. The minimum absolute atomic E-state index is 0.0510. The molecule has 3 unspecified atom stereocenters. The van der Waals surface area contributed by atoms with Gasteiger partial charge in [-0.1, -0.05) is 27.2 Å². The molecule has 0 amide bonds. The van der Waals surface area contributed by atoms with Gasteiger partial charge in [0.25, 0.3) is 0 Å². The average molecular weight is 360 g/mol. The maximum absolute atomic E-state index is 10.4. The van der Waals surface area contributed by atoms with E-state index in [1.165, 1.54) is 12.0 Å². The van der Waals surface area contributed by atoms with E-state index in [1.54, 1.807) is 0 Å². The van der Waals surface area contributed by atoms with Gasteiger partial charge < -0.3 is 25.0 Å². The normalized spacial score (nSPS) is 38.6. The van der Waals surface area contributed by atoms with Crippen LogP contribution in [0.1, 0.15) is 66.2 Å². The fourth-order valence-electron chi connectivity index (χ4n) is 6.68. The molecule has 0 radical (unpaired) electrons. The van der Waals surface area contributed by atoms with E-state index in [9.17, 15) is 20.3 Å². The minimum Gasteiger partial charge on any atom is -0.508 e. The number of aliphatic hydroxyl groups excluding tert-OH is 2. The molecule has 5 nitrogen and oxygen atoms in total. The summed E-state index contributed by atoms with van der Waals surface area (Å²) in [6.07, 6.45) is 5.52. The largest absolute Gasteiger partial charge is 0.508 e. The van der Waals surface area contributed by atoms with Gasteiger partial charge in [0.05, 0.1) is 10.9 Å². The second kappa shape index (κ2) is 5.32. The Kier molecular flexibility index (Phi) is 3.68. The van der Waals surface area contributed by atoms with Crippen molar-refractivity contribution < 1.29 is 25.0 Å². The van der Waals surface area contributed by atoms with Gasteiger partial charge in [-0.15, -0.1) is 0 Å². The molecular weight excluding hydrogens is 331 g/mol. The van der Waals surface area contributed by atoms with Crippen LogP contribution in [0.25, 0.3) is 0 Å². The van der Waals surface area contributed by atoms with E-state index in [0.29, 0.717) is 11.7 Å². The summed E-state index contributed by atoms with van der Waals surface area (Å²) in [7, 11) is -1.89. The average Bonchev–Trinajstić information content (AvgIpc) is 2.80. The van der Waals surface area contributed by atoms with Crippen molar-refractivity contribution in [2.24, 2.45) is 22.2 Å². The van der Waals surface area contributed by atoms with Crippen molar-refractivity contribution in [1.29, 1.82) is 0 Å². The molecule has 4 rings (SSSR count). The molecule has 26 heavy (non-hydrogen) atoms. The lowest BCUT2D eigenvalue weighted by molar-refractivity contribution is 0.00118. The van der Waals surface area contributed by atoms with Gasteiger partial charge in [0, 0.05) is 12.8 Å². The number of aliphatic hydroxyl groups is 2. The highest BCUT2D eigenvalue weighted by molar-refractivity contribution is 6.52. The molecule has 142 valence electrons. The topological polar surface area (TPSA) is 90.2 Å². The summed E-state index contributed by atoms with van der Waals surface area (Å²) >= 11 is 0.